The molecule has 1 fully saturated rings. The Morgan fingerprint density at radius 3 is 2.37 bits per heavy atom. The standard InChI is InChI=1S/C25H32N2O3/c1-19(2)26-24(29)25(14-7-15-27(18-25)23(28)17-30-3)16-20-10-12-22(13-11-20)21-8-5-4-6-9-21/h4-6,8-13,19H,7,14-18H2,1-3H3,(H,26,29)/t25-/m1/s1. The quantitative estimate of drug-likeness (QED) is 0.760. The molecule has 0 radical (unpaired) electrons. The molecule has 1 saturated heterocycles. The summed E-state index contributed by atoms with van der Waals surface area (Å²) in [6.07, 6.45) is 2.18. The van der Waals surface area contributed by atoms with E-state index in [1.807, 2.05) is 32.0 Å². The van der Waals surface area contributed by atoms with Crippen LogP contribution >= 0.6 is 0 Å². The molecule has 1 N–H and O–H groups in total. The van der Waals surface area contributed by atoms with E-state index in [0.29, 0.717) is 19.5 Å². The molecule has 0 aliphatic carbocycles. The largest absolute Gasteiger partial charge is 0.375 e. The van der Waals surface area contributed by atoms with Gasteiger partial charge < -0.3 is 15.0 Å². The van der Waals surface area contributed by atoms with E-state index in [0.717, 1.165) is 24.0 Å². The summed E-state index contributed by atoms with van der Waals surface area (Å²) < 4.78 is 5.03. The number of rotatable bonds is 7. The highest BCUT2D eigenvalue weighted by Gasteiger charge is 2.43. The first kappa shape index (κ1) is 22.0. The van der Waals surface area contributed by atoms with Gasteiger partial charge in [-0.15, -0.1) is 0 Å². The zero-order chi connectivity index (χ0) is 21.6. The zero-order valence-corrected chi connectivity index (χ0v) is 18.2. The lowest BCUT2D eigenvalue weighted by Gasteiger charge is -2.42. The molecule has 0 bridgehead atoms. The third-order valence-corrected chi connectivity index (χ3v) is 5.70. The monoisotopic (exact) mass is 408 g/mol. The van der Waals surface area contributed by atoms with E-state index >= 15 is 0 Å². The van der Waals surface area contributed by atoms with Crippen LogP contribution in [0.25, 0.3) is 11.1 Å². The number of ether oxygens (including phenoxy) is 1. The van der Waals surface area contributed by atoms with Crippen molar-refractivity contribution in [1.82, 2.24) is 10.2 Å². The number of likely N-dealkylation sites (tertiary alicyclic amines) is 1. The smallest absolute Gasteiger partial charge is 0.248 e. The van der Waals surface area contributed by atoms with Crippen LogP contribution in [0, 0.1) is 5.41 Å². The molecule has 1 atom stereocenters. The number of carbonyl (C=O) groups is 2. The number of hydrogen-bond acceptors (Lipinski definition) is 3. The lowest BCUT2D eigenvalue weighted by atomic mass is 9.74. The fraction of sp³-hybridized carbons (Fsp3) is 0.440. The predicted octanol–water partition coefficient (Wildman–Crippen LogP) is 3.68. The van der Waals surface area contributed by atoms with Gasteiger partial charge >= 0.3 is 0 Å². The minimum atomic E-state index is -0.625. The van der Waals surface area contributed by atoms with Gasteiger partial charge in [0, 0.05) is 26.2 Å². The first-order valence-electron chi connectivity index (χ1n) is 10.7. The summed E-state index contributed by atoms with van der Waals surface area (Å²) >= 11 is 0. The van der Waals surface area contributed by atoms with Gasteiger partial charge in [0.15, 0.2) is 0 Å². The Morgan fingerprint density at radius 2 is 1.73 bits per heavy atom. The second-order valence-corrected chi connectivity index (χ2v) is 8.50. The second kappa shape index (κ2) is 9.90. The van der Waals surface area contributed by atoms with Crippen LogP contribution in [0.15, 0.2) is 54.6 Å². The summed E-state index contributed by atoms with van der Waals surface area (Å²) in [5, 5.41) is 3.09. The van der Waals surface area contributed by atoms with Gasteiger partial charge in [-0.05, 0) is 49.8 Å². The highest BCUT2D eigenvalue weighted by Crippen LogP contribution is 2.35. The molecule has 1 heterocycles. The van der Waals surface area contributed by atoms with Gasteiger partial charge in [0.1, 0.15) is 6.61 Å². The molecule has 0 spiro atoms. The van der Waals surface area contributed by atoms with Gasteiger partial charge in [-0.25, -0.2) is 0 Å². The molecule has 5 nitrogen and oxygen atoms in total. The van der Waals surface area contributed by atoms with Crippen LogP contribution in [0.3, 0.4) is 0 Å². The van der Waals surface area contributed by atoms with Gasteiger partial charge in [-0.2, -0.15) is 0 Å². The van der Waals surface area contributed by atoms with Crippen molar-refractivity contribution >= 4 is 11.8 Å². The van der Waals surface area contributed by atoms with Crippen molar-refractivity contribution in [1.29, 1.82) is 0 Å². The van der Waals surface area contributed by atoms with E-state index in [1.165, 1.54) is 12.7 Å². The number of nitrogens with zero attached hydrogens (tertiary/aromatic N) is 1. The van der Waals surface area contributed by atoms with Crippen molar-refractivity contribution in [3.8, 4) is 11.1 Å². The topological polar surface area (TPSA) is 58.6 Å². The Kier molecular flexibility index (Phi) is 7.27. The lowest BCUT2D eigenvalue weighted by molar-refractivity contribution is -0.144. The van der Waals surface area contributed by atoms with Crippen LogP contribution in [0.2, 0.25) is 0 Å². The summed E-state index contributed by atoms with van der Waals surface area (Å²) in [5.74, 6) is -0.0297. The average molecular weight is 409 g/mol. The summed E-state index contributed by atoms with van der Waals surface area (Å²) in [6.45, 7) is 5.08. The van der Waals surface area contributed by atoms with E-state index in [-0.39, 0.29) is 24.5 Å². The molecule has 0 saturated carbocycles. The average Bonchev–Trinajstić information content (AvgIpc) is 2.75. The maximum absolute atomic E-state index is 13.3. The fourth-order valence-corrected chi connectivity index (χ4v) is 4.22. The Labute approximate surface area is 179 Å². The van der Waals surface area contributed by atoms with Crippen molar-refractivity contribution in [3.63, 3.8) is 0 Å². The molecule has 2 amide bonds. The molecule has 0 unspecified atom stereocenters. The third kappa shape index (κ3) is 5.28. The number of amides is 2. The molecule has 1 aliphatic heterocycles. The molecular formula is C25H32N2O3. The van der Waals surface area contributed by atoms with E-state index in [1.54, 1.807) is 4.90 Å². The maximum Gasteiger partial charge on any atom is 0.248 e. The summed E-state index contributed by atoms with van der Waals surface area (Å²) in [7, 11) is 1.52. The van der Waals surface area contributed by atoms with Gasteiger partial charge in [0.25, 0.3) is 0 Å². The summed E-state index contributed by atoms with van der Waals surface area (Å²) in [6, 6.07) is 18.7. The molecule has 2 aromatic rings. The van der Waals surface area contributed by atoms with Crippen LogP contribution < -0.4 is 5.32 Å². The van der Waals surface area contributed by atoms with Crippen LogP contribution in [0.4, 0.5) is 0 Å². The third-order valence-electron chi connectivity index (χ3n) is 5.70. The molecule has 1 aliphatic rings. The van der Waals surface area contributed by atoms with Crippen molar-refractivity contribution < 1.29 is 14.3 Å². The molecule has 5 heteroatoms. The number of piperidine rings is 1. The maximum atomic E-state index is 13.3. The number of nitrogens with one attached hydrogen (secondary N) is 1. The fourth-order valence-electron chi connectivity index (χ4n) is 4.22. The molecular weight excluding hydrogens is 376 g/mol. The Balaban J connectivity index is 1.84. The van der Waals surface area contributed by atoms with E-state index in [2.05, 4.69) is 41.7 Å². The number of hydrogen-bond donors (Lipinski definition) is 1. The second-order valence-electron chi connectivity index (χ2n) is 8.50. The van der Waals surface area contributed by atoms with Crippen LogP contribution in [-0.2, 0) is 20.7 Å². The predicted molar refractivity (Wildman–Crippen MR) is 119 cm³/mol. The molecule has 0 aromatic heterocycles. The normalized spacial score (nSPS) is 19.0. The molecule has 30 heavy (non-hydrogen) atoms. The highest BCUT2D eigenvalue weighted by molar-refractivity contribution is 5.85. The van der Waals surface area contributed by atoms with Gasteiger partial charge in [0.2, 0.25) is 11.8 Å². The van der Waals surface area contributed by atoms with Gasteiger partial charge in [-0.3, -0.25) is 9.59 Å². The number of methoxy groups -OCH3 is 1. The van der Waals surface area contributed by atoms with Crippen molar-refractivity contribution in [2.75, 3.05) is 26.8 Å². The zero-order valence-electron chi connectivity index (χ0n) is 18.2. The highest BCUT2D eigenvalue weighted by atomic mass is 16.5. The number of carbonyl (C=O) groups excluding carboxylic acids is 2. The first-order valence-corrected chi connectivity index (χ1v) is 10.7. The molecule has 160 valence electrons. The van der Waals surface area contributed by atoms with Crippen molar-refractivity contribution in [3.05, 3.63) is 60.2 Å². The Bertz CT molecular complexity index is 848. The van der Waals surface area contributed by atoms with Gasteiger partial charge in [-0.1, -0.05) is 54.6 Å². The Hall–Kier alpha value is -2.66. The van der Waals surface area contributed by atoms with E-state index in [4.69, 9.17) is 4.74 Å². The first-order chi connectivity index (χ1) is 14.4. The minimum absolute atomic E-state index is 0.0274. The van der Waals surface area contributed by atoms with Crippen molar-refractivity contribution in [2.24, 2.45) is 5.41 Å². The lowest BCUT2D eigenvalue weighted by Crippen LogP contribution is -2.56. The minimum Gasteiger partial charge on any atom is -0.375 e. The van der Waals surface area contributed by atoms with Crippen LogP contribution in [-0.4, -0.2) is 49.6 Å². The van der Waals surface area contributed by atoms with Crippen LogP contribution in [0.1, 0.15) is 32.3 Å². The SMILES string of the molecule is COCC(=O)N1CCC[C@](Cc2ccc(-c3ccccc3)cc2)(C(=O)NC(C)C)C1. The van der Waals surface area contributed by atoms with E-state index < -0.39 is 5.41 Å². The van der Waals surface area contributed by atoms with E-state index in [9.17, 15) is 9.59 Å². The summed E-state index contributed by atoms with van der Waals surface area (Å²) in [4.78, 5) is 27.5. The molecule has 2 aromatic carbocycles. The summed E-state index contributed by atoms with van der Waals surface area (Å²) in [5.41, 5.74) is 2.81. The van der Waals surface area contributed by atoms with Crippen molar-refractivity contribution in [2.45, 2.75) is 39.2 Å². The number of benzene rings is 2. The van der Waals surface area contributed by atoms with Crippen LogP contribution in [0.5, 0.6) is 0 Å². The van der Waals surface area contributed by atoms with Gasteiger partial charge in [0.05, 0.1) is 5.41 Å². The molecule has 3 rings (SSSR count). The Morgan fingerprint density at radius 1 is 1.07 bits per heavy atom.